The van der Waals surface area contributed by atoms with E-state index in [1.165, 1.54) is 5.39 Å². The maximum Gasteiger partial charge on any atom is 0.176 e. The molecule has 4 nitrogen and oxygen atoms in total. The lowest BCUT2D eigenvalue weighted by atomic mass is 10.1. The smallest absolute Gasteiger partial charge is 0.176 e. The number of pyridine rings is 2. The van der Waals surface area contributed by atoms with Crippen molar-refractivity contribution in [3.8, 4) is 0 Å². The zero-order chi connectivity index (χ0) is 16.2. The molecule has 24 heavy (non-hydrogen) atoms. The highest BCUT2D eigenvalue weighted by molar-refractivity contribution is 5.92. The largest absolute Gasteiger partial charge is 1.00 e. The highest BCUT2D eigenvalue weighted by Crippen LogP contribution is 2.18. The first kappa shape index (κ1) is 17.9. The standard InChI is InChI=1S/C10H11N2.C9H8N2.HI/c1-12-6-5-9-8(7-12)3-2-4-10(9)11;10-9-3-1-2-7-6-11-5-4-8(7)9;/h2-7H,11H2,1H3;1-6H,10H2;1H/q+1;;/p-1. The van der Waals surface area contributed by atoms with E-state index in [9.17, 15) is 0 Å². The van der Waals surface area contributed by atoms with Gasteiger partial charge in [-0.05, 0) is 24.3 Å². The lowest BCUT2D eigenvalue weighted by Gasteiger charge is -1.98. The van der Waals surface area contributed by atoms with E-state index in [0.29, 0.717) is 0 Å². The summed E-state index contributed by atoms with van der Waals surface area (Å²) in [6, 6.07) is 15.7. The van der Waals surface area contributed by atoms with Crippen molar-refractivity contribution in [3.63, 3.8) is 0 Å². The molecule has 4 rings (SSSR count). The highest BCUT2D eigenvalue weighted by Gasteiger charge is 1.99. The molecule has 4 N–H and O–H groups in total. The third kappa shape index (κ3) is 3.91. The third-order valence-corrected chi connectivity index (χ3v) is 3.71. The molecule has 0 fully saturated rings. The van der Waals surface area contributed by atoms with E-state index >= 15 is 0 Å². The van der Waals surface area contributed by atoms with Gasteiger partial charge in [-0.1, -0.05) is 18.2 Å². The number of aryl methyl sites for hydroxylation is 1. The van der Waals surface area contributed by atoms with Crippen molar-refractivity contribution in [1.29, 1.82) is 0 Å². The van der Waals surface area contributed by atoms with Crippen LogP contribution >= 0.6 is 0 Å². The first-order valence-electron chi connectivity index (χ1n) is 7.37. The van der Waals surface area contributed by atoms with Crippen LogP contribution in [0.4, 0.5) is 11.4 Å². The molecular weight excluding hydrogens is 411 g/mol. The first-order chi connectivity index (χ1) is 11.1. The minimum atomic E-state index is 0. The molecule has 2 heterocycles. The van der Waals surface area contributed by atoms with E-state index in [0.717, 1.165) is 27.5 Å². The second kappa shape index (κ2) is 7.92. The summed E-state index contributed by atoms with van der Waals surface area (Å²) in [5.74, 6) is 0. The molecule has 5 heteroatoms. The Morgan fingerprint density at radius 1 is 0.833 bits per heavy atom. The van der Waals surface area contributed by atoms with Gasteiger partial charge in [0.25, 0.3) is 0 Å². The molecule has 0 aliphatic carbocycles. The summed E-state index contributed by atoms with van der Waals surface area (Å²) >= 11 is 0. The number of nitrogens with two attached hydrogens (primary N) is 2. The van der Waals surface area contributed by atoms with Gasteiger partial charge in [-0.25, -0.2) is 4.57 Å². The number of rotatable bonds is 0. The van der Waals surface area contributed by atoms with Crippen molar-refractivity contribution in [2.24, 2.45) is 7.05 Å². The van der Waals surface area contributed by atoms with Gasteiger partial charge in [0.2, 0.25) is 0 Å². The highest BCUT2D eigenvalue weighted by atomic mass is 127. The van der Waals surface area contributed by atoms with Crippen molar-refractivity contribution in [2.45, 2.75) is 0 Å². The Balaban J connectivity index is 0.000000167. The molecule has 4 aromatic rings. The fourth-order valence-corrected chi connectivity index (χ4v) is 2.51. The van der Waals surface area contributed by atoms with Gasteiger partial charge >= 0.3 is 0 Å². The normalized spacial score (nSPS) is 9.88. The number of anilines is 2. The Kier molecular flexibility index (Phi) is 5.92. The van der Waals surface area contributed by atoms with Crippen LogP contribution in [-0.4, -0.2) is 4.98 Å². The number of hydrogen-bond acceptors (Lipinski definition) is 3. The Morgan fingerprint density at radius 3 is 2.12 bits per heavy atom. The predicted molar refractivity (Wildman–Crippen MR) is 95.7 cm³/mol. The van der Waals surface area contributed by atoms with Crippen LogP contribution in [0.1, 0.15) is 0 Å². The van der Waals surface area contributed by atoms with Crippen LogP contribution in [0.15, 0.2) is 73.3 Å². The zero-order valence-electron chi connectivity index (χ0n) is 13.4. The topological polar surface area (TPSA) is 68.8 Å². The Morgan fingerprint density at radius 2 is 1.46 bits per heavy atom. The zero-order valence-corrected chi connectivity index (χ0v) is 15.5. The van der Waals surface area contributed by atoms with Gasteiger partial charge in [-0.2, -0.15) is 0 Å². The van der Waals surface area contributed by atoms with Gasteiger partial charge in [0, 0.05) is 51.4 Å². The fourth-order valence-electron chi connectivity index (χ4n) is 2.51. The molecule has 0 aliphatic rings. The molecule has 122 valence electrons. The molecule has 0 aliphatic heterocycles. The SMILES string of the molecule is C[n+]1ccc2c(N)cccc2c1.Nc1cccc2cnccc12.[I-]. The van der Waals surface area contributed by atoms with Gasteiger partial charge in [0.15, 0.2) is 12.4 Å². The van der Waals surface area contributed by atoms with Crippen LogP contribution in [0.3, 0.4) is 0 Å². The lowest BCUT2D eigenvalue weighted by molar-refractivity contribution is -0.670. The summed E-state index contributed by atoms with van der Waals surface area (Å²) in [6.07, 6.45) is 7.62. The Hall–Kier alpha value is -2.41. The summed E-state index contributed by atoms with van der Waals surface area (Å²) < 4.78 is 2.02. The molecule has 0 bridgehead atoms. The summed E-state index contributed by atoms with van der Waals surface area (Å²) in [6.45, 7) is 0. The summed E-state index contributed by atoms with van der Waals surface area (Å²) in [4.78, 5) is 4.00. The van der Waals surface area contributed by atoms with E-state index in [1.54, 1.807) is 6.20 Å². The van der Waals surface area contributed by atoms with Crippen LogP contribution in [0.25, 0.3) is 21.5 Å². The second-order valence-electron chi connectivity index (χ2n) is 5.40. The number of fused-ring (bicyclic) bond motifs is 2. The maximum absolute atomic E-state index is 5.80. The number of halogens is 1. The maximum atomic E-state index is 5.80. The molecule has 0 radical (unpaired) electrons. The van der Waals surface area contributed by atoms with Crippen molar-refractivity contribution >= 4 is 32.9 Å². The van der Waals surface area contributed by atoms with E-state index in [1.807, 2.05) is 66.5 Å². The molecule has 0 amide bonds. The van der Waals surface area contributed by atoms with Crippen molar-refractivity contribution < 1.29 is 28.5 Å². The molecule has 2 aromatic heterocycles. The minimum Gasteiger partial charge on any atom is -1.00 e. The van der Waals surface area contributed by atoms with Crippen LogP contribution < -0.4 is 40.0 Å². The third-order valence-electron chi connectivity index (χ3n) is 3.71. The van der Waals surface area contributed by atoms with Crippen LogP contribution in [-0.2, 0) is 7.05 Å². The van der Waals surface area contributed by atoms with E-state index in [2.05, 4.69) is 17.2 Å². The monoisotopic (exact) mass is 430 g/mol. The average molecular weight is 430 g/mol. The molecule has 0 unspecified atom stereocenters. The number of nitrogen functional groups attached to an aromatic ring is 2. The van der Waals surface area contributed by atoms with Gasteiger partial charge in [0.05, 0.1) is 0 Å². The molecule has 0 atom stereocenters. The van der Waals surface area contributed by atoms with Gasteiger partial charge in [-0.3, -0.25) is 4.98 Å². The van der Waals surface area contributed by atoms with E-state index < -0.39 is 0 Å². The number of aromatic nitrogens is 2. The predicted octanol–water partition coefficient (Wildman–Crippen LogP) is 0.0675. The second-order valence-corrected chi connectivity index (χ2v) is 5.40. The average Bonchev–Trinajstić information content (AvgIpc) is 2.56. The van der Waals surface area contributed by atoms with Crippen molar-refractivity contribution in [1.82, 2.24) is 4.98 Å². The number of benzene rings is 2. The quantitative estimate of drug-likeness (QED) is 0.236. The summed E-state index contributed by atoms with van der Waals surface area (Å²) in [7, 11) is 2.00. The van der Waals surface area contributed by atoms with E-state index in [4.69, 9.17) is 11.5 Å². The van der Waals surface area contributed by atoms with Crippen molar-refractivity contribution in [2.75, 3.05) is 11.5 Å². The first-order valence-corrected chi connectivity index (χ1v) is 7.37. The van der Waals surface area contributed by atoms with Crippen LogP contribution in [0.5, 0.6) is 0 Å². The number of hydrogen-bond donors (Lipinski definition) is 2. The van der Waals surface area contributed by atoms with Crippen molar-refractivity contribution in [3.05, 3.63) is 73.3 Å². The fraction of sp³-hybridized carbons (Fsp3) is 0.0526. The van der Waals surface area contributed by atoms with Crippen LogP contribution in [0.2, 0.25) is 0 Å². The molecule has 2 aromatic carbocycles. The molecule has 0 saturated carbocycles. The summed E-state index contributed by atoms with van der Waals surface area (Å²) in [5.41, 5.74) is 13.2. The van der Waals surface area contributed by atoms with E-state index in [-0.39, 0.29) is 24.0 Å². The lowest BCUT2D eigenvalue weighted by Crippen LogP contribution is -3.00. The van der Waals surface area contributed by atoms with Gasteiger partial charge in [0.1, 0.15) is 7.05 Å². The molecule has 0 saturated heterocycles. The molecular formula is C19H19IN4. The van der Waals surface area contributed by atoms with Gasteiger partial charge in [-0.15, -0.1) is 0 Å². The molecule has 0 spiro atoms. The van der Waals surface area contributed by atoms with Crippen LogP contribution in [0, 0.1) is 0 Å². The Labute approximate surface area is 158 Å². The van der Waals surface area contributed by atoms with Gasteiger partial charge < -0.3 is 35.4 Å². The summed E-state index contributed by atoms with van der Waals surface area (Å²) in [5, 5.41) is 4.46. The Bertz CT molecular complexity index is 964. The number of nitrogens with zero attached hydrogens (tertiary/aromatic N) is 2. The minimum absolute atomic E-state index is 0.